The van der Waals surface area contributed by atoms with Crippen LogP contribution in [0.25, 0.3) is 0 Å². The van der Waals surface area contributed by atoms with Crippen LogP contribution in [0, 0.1) is 6.92 Å². The van der Waals surface area contributed by atoms with Crippen LogP contribution < -0.4 is 10.6 Å². The number of para-hydroxylation sites is 1. The average molecular weight is 303 g/mol. The smallest absolute Gasteiger partial charge is 0.234 e. The van der Waals surface area contributed by atoms with Crippen molar-refractivity contribution in [3.8, 4) is 0 Å². The first-order valence-corrected chi connectivity index (χ1v) is 7.16. The van der Waals surface area contributed by atoms with E-state index in [9.17, 15) is 4.79 Å². The van der Waals surface area contributed by atoms with Crippen molar-refractivity contribution in [2.45, 2.75) is 19.3 Å². The highest BCUT2D eigenvalue weighted by Crippen LogP contribution is 2.31. The molecule has 0 radical (unpaired) electrons. The Morgan fingerprint density at radius 2 is 2.19 bits per heavy atom. The van der Waals surface area contributed by atoms with E-state index in [0.29, 0.717) is 5.15 Å². The Kier molecular flexibility index (Phi) is 3.75. The van der Waals surface area contributed by atoms with Crippen molar-refractivity contribution in [3.05, 3.63) is 46.7 Å². The number of aryl methyl sites for hydroxylation is 1. The Morgan fingerprint density at radius 1 is 1.38 bits per heavy atom. The monoisotopic (exact) mass is 302 g/mol. The minimum Gasteiger partial charge on any atom is -0.385 e. The van der Waals surface area contributed by atoms with Gasteiger partial charge in [0, 0.05) is 17.9 Å². The molecule has 1 atom stereocenters. The number of benzene rings is 1. The average Bonchev–Trinajstić information content (AvgIpc) is 2.45. The number of nitrogens with zero attached hydrogens (tertiary/aromatic N) is 2. The third-order valence-corrected chi connectivity index (χ3v) is 3.65. The van der Waals surface area contributed by atoms with Crippen molar-refractivity contribution in [1.29, 1.82) is 0 Å². The summed E-state index contributed by atoms with van der Waals surface area (Å²) in [5, 5.41) is 6.38. The van der Waals surface area contributed by atoms with E-state index in [-0.39, 0.29) is 17.8 Å². The van der Waals surface area contributed by atoms with Crippen LogP contribution in [-0.4, -0.2) is 22.4 Å². The highest BCUT2D eigenvalue weighted by Gasteiger charge is 2.26. The van der Waals surface area contributed by atoms with Gasteiger partial charge in [0.15, 0.2) is 0 Å². The zero-order chi connectivity index (χ0) is 14.8. The summed E-state index contributed by atoms with van der Waals surface area (Å²) in [5.74, 6) is -0.0584. The summed E-state index contributed by atoms with van der Waals surface area (Å²) < 4.78 is 0. The van der Waals surface area contributed by atoms with Crippen LogP contribution in [-0.2, 0) is 4.79 Å². The number of aromatic nitrogens is 2. The van der Waals surface area contributed by atoms with E-state index in [4.69, 9.17) is 11.6 Å². The number of rotatable bonds is 2. The Hall–Kier alpha value is -2.14. The summed E-state index contributed by atoms with van der Waals surface area (Å²) in [6.45, 7) is 2.58. The van der Waals surface area contributed by atoms with Gasteiger partial charge in [0.2, 0.25) is 11.9 Å². The molecule has 0 saturated heterocycles. The van der Waals surface area contributed by atoms with Gasteiger partial charge in [-0.2, -0.15) is 0 Å². The second-order valence-electron chi connectivity index (χ2n) is 5.00. The fourth-order valence-electron chi connectivity index (χ4n) is 2.52. The molecular weight excluding hydrogens is 288 g/mol. The van der Waals surface area contributed by atoms with Crippen LogP contribution in [0.15, 0.2) is 30.3 Å². The first-order chi connectivity index (χ1) is 10.1. The van der Waals surface area contributed by atoms with Gasteiger partial charge in [0.05, 0.1) is 5.92 Å². The lowest BCUT2D eigenvalue weighted by Gasteiger charge is -2.25. The molecular formula is C15H15ClN4O. The van der Waals surface area contributed by atoms with Gasteiger partial charge in [-0.3, -0.25) is 10.1 Å². The van der Waals surface area contributed by atoms with E-state index < -0.39 is 0 Å². The number of amides is 1. The number of fused-ring (bicyclic) bond motifs is 1. The maximum absolute atomic E-state index is 12.5. The number of nitrogens with one attached hydrogen (secondary N) is 2. The molecule has 0 saturated carbocycles. The van der Waals surface area contributed by atoms with Crippen molar-refractivity contribution in [2.75, 3.05) is 17.2 Å². The number of hydrogen-bond donors (Lipinski definition) is 2. The van der Waals surface area contributed by atoms with Crippen molar-refractivity contribution in [1.82, 2.24) is 9.97 Å². The highest BCUT2D eigenvalue weighted by molar-refractivity contribution is 6.29. The van der Waals surface area contributed by atoms with E-state index in [0.717, 1.165) is 29.9 Å². The predicted octanol–water partition coefficient (Wildman–Crippen LogP) is 2.98. The summed E-state index contributed by atoms with van der Waals surface area (Å²) in [5.41, 5.74) is 2.73. The molecule has 1 aliphatic rings. The van der Waals surface area contributed by atoms with Gasteiger partial charge in [-0.15, -0.1) is 0 Å². The minimum absolute atomic E-state index is 0.106. The molecule has 6 heteroatoms. The first-order valence-electron chi connectivity index (χ1n) is 6.78. The van der Waals surface area contributed by atoms with Crippen molar-refractivity contribution < 1.29 is 4.79 Å². The summed E-state index contributed by atoms with van der Waals surface area (Å²) in [7, 11) is 0. The second-order valence-corrected chi connectivity index (χ2v) is 5.39. The molecule has 3 rings (SSSR count). The maximum atomic E-state index is 12.5. The largest absolute Gasteiger partial charge is 0.385 e. The molecule has 5 nitrogen and oxygen atoms in total. The topological polar surface area (TPSA) is 66.9 Å². The van der Waals surface area contributed by atoms with Gasteiger partial charge in [-0.25, -0.2) is 9.97 Å². The van der Waals surface area contributed by atoms with E-state index in [2.05, 4.69) is 20.6 Å². The summed E-state index contributed by atoms with van der Waals surface area (Å²) in [6.07, 6.45) is 0.738. The van der Waals surface area contributed by atoms with Crippen LogP contribution in [0.1, 0.15) is 23.6 Å². The molecule has 2 aromatic rings. The molecule has 2 heterocycles. The Labute approximate surface area is 127 Å². The molecule has 0 spiro atoms. The van der Waals surface area contributed by atoms with Crippen molar-refractivity contribution in [2.24, 2.45) is 0 Å². The van der Waals surface area contributed by atoms with Crippen LogP contribution in [0.5, 0.6) is 0 Å². The zero-order valence-electron chi connectivity index (χ0n) is 11.6. The van der Waals surface area contributed by atoms with Crippen molar-refractivity contribution >= 4 is 29.1 Å². The molecule has 0 aliphatic carbocycles. The Morgan fingerprint density at radius 3 is 3.00 bits per heavy atom. The van der Waals surface area contributed by atoms with Gasteiger partial charge in [-0.05, 0) is 31.0 Å². The van der Waals surface area contributed by atoms with Gasteiger partial charge in [-0.1, -0.05) is 29.8 Å². The molecule has 1 unspecified atom stereocenters. The van der Waals surface area contributed by atoms with E-state index in [1.165, 1.54) is 0 Å². The summed E-state index contributed by atoms with van der Waals surface area (Å²) in [4.78, 5) is 20.7. The van der Waals surface area contributed by atoms with Gasteiger partial charge in [0.1, 0.15) is 5.15 Å². The summed E-state index contributed by atoms with van der Waals surface area (Å²) >= 11 is 5.89. The minimum atomic E-state index is -0.203. The lowest BCUT2D eigenvalue weighted by Crippen LogP contribution is -2.28. The predicted molar refractivity (Wildman–Crippen MR) is 82.7 cm³/mol. The van der Waals surface area contributed by atoms with Gasteiger partial charge in [0.25, 0.3) is 0 Å². The lowest BCUT2D eigenvalue weighted by atomic mass is 9.90. The molecule has 1 aromatic carbocycles. The van der Waals surface area contributed by atoms with Crippen molar-refractivity contribution in [3.63, 3.8) is 0 Å². The van der Waals surface area contributed by atoms with E-state index in [1.54, 1.807) is 6.07 Å². The zero-order valence-corrected chi connectivity index (χ0v) is 12.3. The summed E-state index contributed by atoms with van der Waals surface area (Å²) in [6, 6.07) is 9.49. The van der Waals surface area contributed by atoms with E-state index >= 15 is 0 Å². The van der Waals surface area contributed by atoms with Gasteiger partial charge >= 0.3 is 0 Å². The van der Waals surface area contributed by atoms with Crippen LogP contribution in [0.2, 0.25) is 5.15 Å². The number of carbonyl (C=O) groups excluding carboxylic acids is 1. The lowest BCUT2D eigenvalue weighted by molar-refractivity contribution is -0.117. The number of carbonyl (C=O) groups is 1. The van der Waals surface area contributed by atoms with Crippen LogP contribution >= 0.6 is 11.6 Å². The standard InChI is InChI=1S/C15H15ClN4O/c1-9-8-13(16)19-15(18-9)20-14(21)11-6-7-17-12-5-3-2-4-10(11)12/h2-5,8,11,17H,6-7H2,1H3,(H,18,19,20,21). The maximum Gasteiger partial charge on any atom is 0.234 e. The number of anilines is 2. The highest BCUT2D eigenvalue weighted by atomic mass is 35.5. The third kappa shape index (κ3) is 2.97. The molecule has 0 fully saturated rings. The SMILES string of the molecule is Cc1cc(Cl)nc(NC(=O)C2CCNc3ccccc32)n1. The number of hydrogen-bond acceptors (Lipinski definition) is 4. The Balaban J connectivity index is 1.83. The molecule has 21 heavy (non-hydrogen) atoms. The Bertz CT molecular complexity index is 669. The van der Waals surface area contributed by atoms with Gasteiger partial charge < -0.3 is 5.32 Å². The fraction of sp³-hybridized carbons (Fsp3) is 0.267. The van der Waals surface area contributed by atoms with E-state index in [1.807, 2.05) is 31.2 Å². The second kappa shape index (κ2) is 5.69. The normalized spacial score (nSPS) is 16.8. The molecule has 1 aromatic heterocycles. The molecule has 2 N–H and O–H groups in total. The molecule has 1 amide bonds. The molecule has 108 valence electrons. The first kappa shape index (κ1) is 13.8. The molecule has 0 bridgehead atoms. The third-order valence-electron chi connectivity index (χ3n) is 3.46. The quantitative estimate of drug-likeness (QED) is 0.837. The van der Waals surface area contributed by atoms with Crippen LogP contribution in [0.3, 0.4) is 0 Å². The number of halogens is 1. The fourth-order valence-corrected chi connectivity index (χ4v) is 2.76. The van der Waals surface area contributed by atoms with Crippen LogP contribution in [0.4, 0.5) is 11.6 Å². The molecule has 1 aliphatic heterocycles.